The molecule has 0 bridgehead atoms. The molecule has 2 unspecified atom stereocenters. The zero-order chi connectivity index (χ0) is 11.5. The van der Waals surface area contributed by atoms with E-state index in [-0.39, 0.29) is 5.91 Å². The molecule has 0 spiro atoms. The van der Waals surface area contributed by atoms with E-state index >= 15 is 0 Å². The van der Waals surface area contributed by atoms with E-state index in [4.69, 9.17) is 4.74 Å². The summed E-state index contributed by atoms with van der Waals surface area (Å²) in [6.07, 6.45) is -0.565. The topological polar surface area (TPSA) is 38.3 Å². The Bertz CT molecular complexity index is 377. The van der Waals surface area contributed by atoms with Crippen LogP contribution in [0.1, 0.15) is 12.0 Å². The van der Waals surface area contributed by atoms with E-state index in [0.29, 0.717) is 13.0 Å². The zero-order valence-electron chi connectivity index (χ0n) is 9.07. The van der Waals surface area contributed by atoms with Crippen molar-refractivity contribution in [2.45, 2.75) is 19.1 Å². The first-order valence-electron chi connectivity index (χ1n) is 5.25. The smallest absolute Gasteiger partial charge is 0.226 e. The van der Waals surface area contributed by atoms with Crippen LogP contribution in [0.4, 0.5) is 4.39 Å². The molecule has 0 heterocycles. The van der Waals surface area contributed by atoms with Crippen LogP contribution in [-0.2, 0) is 11.3 Å². The van der Waals surface area contributed by atoms with Crippen molar-refractivity contribution in [2.75, 3.05) is 7.11 Å². The van der Waals surface area contributed by atoms with Gasteiger partial charge in [-0.15, -0.1) is 0 Å². The maximum Gasteiger partial charge on any atom is 0.226 e. The molecule has 1 fully saturated rings. The Kier molecular flexibility index (Phi) is 3.08. The molecule has 16 heavy (non-hydrogen) atoms. The van der Waals surface area contributed by atoms with Gasteiger partial charge in [0.25, 0.3) is 0 Å². The lowest BCUT2D eigenvalue weighted by Crippen LogP contribution is -2.25. The fourth-order valence-electron chi connectivity index (χ4n) is 1.50. The quantitative estimate of drug-likeness (QED) is 0.843. The SMILES string of the molecule is COc1ccc(CNC(=O)C2CC2F)cc1. The molecule has 1 N–H and O–H groups in total. The predicted molar refractivity (Wildman–Crippen MR) is 57.8 cm³/mol. The van der Waals surface area contributed by atoms with Crippen molar-refractivity contribution in [3.05, 3.63) is 29.8 Å². The van der Waals surface area contributed by atoms with Crippen molar-refractivity contribution in [1.82, 2.24) is 5.32 Å². The second-order valence-electron chi connectivity index (χ2n) is 3.92. The summed E-state index contributed by atoms with van der Waals surface area (Å²) in [5, 5.41) is 2.71. The van der Waals surface area contributed by atoms with Crippen molar-refractivity contribution in [1.29, 1.82) is 0 Å². The number of rotatable bonds is 4. The van der Waals surface area contributed by atoms with Crippen LogP contribution in [0.2, 0.25) is 0 Å². The molecule has 1 aromatic rings. The van der Waals surface area contributed by atoms with Crippen molar-refractivity contribution in [2.24, 2.45) is 5.92 Å². The molecule has 86 valence electrons. The van der Waals surface area contributed by atoms with Crippen molar-refractivity contribution >= 4 is 5.91 Å². The first-order valence-corrected chi connectivity index (χ1v) is 5.25. The number of ether oxygens (including phenoxy) is 1. The molecular weight excluding hydrogens is 209 g/mol. The first kappa shape index (κ1) is 10.9. The molecule has 3 nitrogen and oxygen atoms in total. The third-order valence-electron chi connectivity index (χ3n) is 2.68. The van der Waals surface area contributed by atoms with E-state index in [1.807, 2.05) is 24.3 Å². The summed E-state index contributed by atoms with van der Waals surface area (Å²) in [5.74, 6) is 0.169. The highest BCUT2D eigenvalue weighted by molar-refractivity contribution is 5.81. The van der Waals surface area contributed by atoms with Crippen LogP contribution in [0.15, 0.2) is 24.3 Å². The number of hydrogen-bond acceptors (Lipinski definition) is 2. The molecular formula is C12H14FNO2. The van der Waals surface area contributed by atoms with E-state index in [2.05, 4.69) is 5.32 Å². The summed E-state index contributed by atoms with van der Waals surface area (Å²) in [7, 11) is 1.60. The van der Waals surface area contributed by atoms with E-state index < -0.39 is 12.1 Å². The van der Waals surface area contributed by atoms with Crippen LogP contribution in [0, 0.1) is 5.92 Å². The number of carbonyl (C=O) groups is 1. The number of hydrogen-bond donors (Lipinski definition) is 1. The van der Waals surface area contributed by atoms with Gasteiger partial charge in [-0.2, -0.15) is 0 Å². The Morgan fingerprint density at radius 1 is 1.50 bits per heavy atom. The fraction of sp³-hybridized carbons (Fsp3) is 0.417. The average molecular weight is 223 g/mol. The van der Waals surface area contributed by atoms with Gasteiger partial charge >= 0.3 is 0 Å². The third kappa shape index (κ3) is 2.51. The molecule has 1 amide bonds. The molecule has 0 aromatic heterocycles. The lowest BCUT2D eigenvalue weighted by atomic mass is 10.2. The lowest BCUT2D eigenvalue weighted by Gasteiger charge is -2.05. The minimum absolute atomic E-state index is 0.191. The van der Waals surface area contributed by atoms with Crippen LogP contribution < -0.4 is 10.1 Å². The monoisotopic (exact) mass is 223 g/mol. The number of benzene rings is 1. The Labute approximate surface area is 93.6 Å². The Morgan fingerprint density at radius 2 is 2.12 bits per heavy atom. The number of methoxy groups -OCH3 is 1. The van der Waals surface area contributed by atoms with Gasteiger partial charge < -0.3 is 10.1 Å². The van der Waals surface area contributed by atoms with E-state index in [9.17, 15) is 9.18 Å². The Morgan fingerprint density at radius 3 is 2.62 bits per heavy atom. The van der Waals surface area contributed by atoms with Gasteiger partial charge in [0.1, 0.15) is 11.9 Å². The molecule has 1 aliphatic carbocycles. The van der Waals surface area contributed by atoms with Gasteiger partial charge in [-0.05, 0) is 24.1 Å². The number of nitrogens with one attached hydrogen (secondary N) is 1. The van der Waals surface area contributed by atoms with Gasteiger partial charge in [-0.3, -0.25) is 4.79 Å². The highest BCUT2D eigenvalue weighted by Crippen LogP contribution is 2.33. The minimum Gasteiger partial charge on any atom is -0.497 e. The number of carbonyl (C=O) groups excluding carboxylic acids is 1. The summed E-state index contributed by atoms with van der Waals surface area (Å²) in [4.78, 5) is 11.3. The van der Waals surface area contributed by atoms with Crippen LogP contribution in [0.3, 0.4) is 0 Å². The standard InChI is InChI=1S/C12H14FNO2/c1-16-9-4-2-8(3-5-9)7-14-12(15)10-6-11(10)13/h2-5,10-11H,6-7H2,1H3,(H,14,15). The Balaban J connectivity index is 1.82. The van der Waals surface area contributed by atoms with Crippen molar-refractivity contribution < 1.29 is 13.9 Å². The second kappa shape index (κ2) is 4.51. The van der Waals surface area contributed by atoms with Crippen molar-refractivity contribution in [3.63, 3.8) is 0 Å². The number of halogens is 1. The third-order valence-corrected chi connectivity index (χ3v) is 2.68. The van der Waals surface area contributed by atoms with E-state index in [1.54, 1.807) is 7.11 Å². The fourth-order valence-corrected chi connectivity index (χ4v) is 1.50. The van der Waals surface area contributed by atoms with E-state index in [1.165, 1.54) is 0 Å². The normalized spacial score (nSPS) is 22.6. The molecule has 0 radical (unpaired) electrons. The molecule has 2 atom stereocenters. The Hall–Kier alpha value is -1.58. The molecule has 2 rings (SSSR count). The summed E-state index contributed by atoms with van der Waals surface area (Å²) in [6.45, 7) is 0.437. The van der Waals surface area contributed by atoms with Crippen LogP contribution >= 0.6 is 0 Å². The van der Waals surface area contributed by atoms with Crippen molar-refractivity contribution in [3.8, 4) is 5.75 Å². The van der Waals surface area contributed by atoms with Crippen LogP contribution in [0.25, 0.3) is 0 Å². The summed E-state index contributed by atoms with van der Waals surface area (Å²) in [5.41, 5.74) is 0.977. The highest BCUT2D eigenvalue weighted by atomic mass is 19.1. The van der Waals surface area contributed by atoms with Crippen LogP contribution in [0.5, 0.6) is 5.75 Å². The summed E-state index contributed by atoms with van der Waals surface area (Å²) in [6, 6.07) is 7.41. The second-order valence-corrected chi connectivity index (χ2v) is 3.92. The largest absolute Gasteiger partial charge is 0.497 e. The molecule has 4 heteroatoms. The molecule has 0 saturated heterocycles. The first-order chi connectivity index (χ1) is 7.70. The highest BCUT2D eigenvalue weighted by Gasteiger charge is 2.43. The molecule has 1 aliphatic rings. The summed E-state index contributed by atoms with van der Waals surface area (Å²) >= 11 is 0. The van der Waals surface area contributed by atoms with Gasteiger partial charge in [0, 0.05) is 6.54 Å². The van der Waals surface area contributed by atoms with Gasteiger partial charge in [0.15, 0.2) is 0 Å². The van der Waals surface area contributed by atoms with Crippen LogP contribution in [-0.4, -0.2) is 19.2 Å². The lowest BCUT2D eigenvalue weighted by molar-refractivity contribution is -0.122. The molecule has 0 aliphatic heterocycles. The minimum atomic E-state index is -0.934. The summed E-state index contributed by atoms with van der Waals surface area (Å²) < 4.78 is 17.6. The van der Waals surface area contributed by atoms with Gasteiger partial charge in [0.2, 0.25) is 5.91 Å². The van der Waals surface area contributed by atoms with Gasteiger partial charge in [-0.1, -0.05) is 12.1 Å². The zero-order valence-corrected chi connectivity index (χ0v) is 9.07. The maximum atomic E-state index is 12.6. The molecule has 1 aromatic carbocycles. The average Bonchev–Trinajstić information content (AvgIpc) is 3.04. The van der Waals surface area contributed by atoms with Gasteiger partial charge in [0.05, 0.1) is 13.0 Å². The maximum absolute atomic E-state index is 12.6. The van der Waals surface area contributed by atoms with Gasteiger partial charge in [-0.25, -0.2) is 4.39 Å². The molecule has 1 saturated carbocycles. The number of alkyl halides is 1. The predicted octanol–water partition coefficient (Wildman–Crippen LogP) is 1.67. The van der Waals surface area contributed by atoms with E-state index in [0.717, 1.165) is 11.3 Å². The number of amides is 1.